The number of phenols is 1. The van der Waals surface area contributed by atoms with E-state index in [9.17, 15) is 19.8 Å². The minimum atomic E-state index is -0.875. The minimum Gasteiger partial charge on any atom is -0.504 e. The third kappa shape index (κ3) is 5.18. The molecule has 2 fully saturated rings. The highest BCUT2D eigenvalue weighted by Gasteiger charge is 2.41. The summed E-state index contributed by atoms with van der Waals surface area (Å²) < 4.78 is 5.11. The first-order valence-electron chi connectivity index (χ1n) is 10.8. The van der Waals surface area contributed by atoms with Gasteiger partial charge >= 0.3 is 6.09 Å². The second-order valence-corrected chi connectivity index (χ2v) is 9.49. The van der Waals surface area contributed by atoms with E-state index in [1.54, 1.807) is 23.1 Å². The summed E-state index contributed by atoms with van der Waals surface area (Å²) in [6.07, 6.45) is 4.49. The van der Waals surface area contributed by atoms with Crippen molar-refractivity contribution in [3.05, 3.63) is 23.8 Å². The van der Waals surface area contributed by atoms with E-state index < -0.39 is 6.09 Å². The Morgan fingerprint density at radius 3 is 2.57 bits per heavy atom. The Bertz CT molecular complexity index is 769. The molecule has 1 heterocycles. The molecule has 166 valence electrons. The first kappa shape index (κ1) is 22.2. The Morgan fingerprint density at radius 1 is 1.23 bits per heavy atom. The molecule has 0 radical (unpaired) electrons. The molecule has 0 spiro atoms. The molecule has 3 rings (SSSR count). The minimum absolute atomic E-state index is 0.0341. The predicted molar refractivity (Wildman–Crippen MR) is 113 cm³/mol. The van der Waals surface area contributed by atoms with Crippen molar-refractivity contribution >= 4 is 12.0 Å². The molecule has 1 aliphatic carbocycles. The first-order chi connectivity index (χ1) is 14.2. The summed E-state index contributed by atoms with van der Waals surface area (Å²) in [5, 5.41) is 22.4. The monoisotopic (exact) mass is 418 g/mol. The van der Waals surface area contributed by atoms with Crippen LogP contribution in [0.4, 0.5) is 4.79 Å². The zero-order chi connectivity index (χ0) is 21.9. The van der Waals surface area contributed by atoms with Crippen LogP contribution in [0.3, 0.4) is 0 Å². The van der Waals surface area contributed by atoms with E-state index in [1.165, 1.54) is 7.11 Å². The maximum Gasteiger partial charge on any atom is 0.407 e. The van der Waals surface area contributed by atoms with Gasteiger partial charge in [0.1, 0.15) is 0 Å². The summed E-state index contributed by atoms with van der Waals surface area (Å²) in [5.74, 6) is 0.544. The number of piperidine rings is 1. The number of hydrogen-bond acceptors (Lipinski definition) is 4. The van der Waals surface area contributed by atoms with Gasteiger partial charge in [0.05, 0.1) is 7.11 Å². The van der Waals surface area contributed by atoms with E-state index in [-0.39, 0.29) is 23.6 Å². The van der Waals surface area contributed by atoms with Gasteiger partial charge in [-0.05, 0) is 67.6 Å². The molecular formula is C23H34N2O5. The fourth-order valence-electron chi connectivity index (χ4n) is 4.89. The number of ether oxygens (including phenoxy) is 1. The van der Waals surface area contributed by atoms with Crippen molar-refractivity contribution in [1.82, 2.24) is 10.2 Å². The molecular weight excluding hydrogens is 384 g/mol. The van der Waals surface area contributed by atoms with Crippen molar-refractivity contribution < 1.29 is 24.5 Å². The average molecular weight is 419 g/mol. The Hall–Kier alpha value is -2.44. The molecule has 1 aliphatic heterocycles. The summed E-state index contributed by atoms with van der Waals surface area (Å²) in [6.45, 7) is 5.29. The van der Waals surface area contributed by atoms with Crippen molar-refractivity contribution in [2.75, 3.05) is 13.7 Å². The van der Waals surface area contributed by atoms with Crippen LogP contribution in [0.2, 0.25) is 0 Å². The van der Waals surface area contributed by atoms with Gasteiger partial charge < -0.3 is 25.2 Å². The molecule has 1 aromatic carbocycles. The number of rotatable bonds is 5. The quantitative estimate of drug-likeness (QED) is 0.671. The number of nitrogens with one attached hydrogen (secondary N) is 1. The Labute approximate surface area is 178 Å². The molecule has 0 aromatic heterocycles. The number of carbonyl (C=O) groups is 2. The lowest BCUT2D eigenvalue weighted by Gasteiger charge is -2.45. The van der Waals surface area contributed by atoms with E-state index in [0.29, 0.717) is 43.0 Å². The topological polar surface area (TPSA) is 99.1 Å². The number of nitrogens with zero attached hydrogens (tertiary/aromatic N) is 1. The van der Waals surface area contributed by atoms with Crippen LogP contribution < -0.4 is 10.1 Å². The number of carboxylic acid groups (broad SMARTS) is 1. The lowest BCUT2D eigenvalue weighted by atomic mass is 9.69. The summed E-state index contributed by atoms with van der Waals surface area (Å²) in [6, 6.07) is 4.91. The highest BCUT2D eigenvalue weighted by atomic mass is 16.5. The summed E-state index contributed by atoms with van der Waals surface area (Å²) in [7, 11) is 1.49. The molecule has 3 N–H and O–H groups in total. The van der Waals surface area contributed by atoms with E-state index in [4.69, 9.17) is 4.74 Å². The SMILES string of the molecule is COc1cc(CNC(=O)C2CCN(C(=O)O)C(C3CCC(C)(C)CC3)C2)ccc1O. The second-order valence-electron chi connectivity index (χ2n) is 9.49. The second kappa shape index (κ2) is 9.14. The predicted octanol–water partition coefficient (Wildman–Crippen LogP) is 3.99. The van der Waals surface area contributed by atoms with E-state index in [2.05, 4.69) is 19.2 Å². The van der Waals surface area contributed by atoms with Crippen LogP contribution >= 0.6 is 0 Å². The highest BCUT2D eigenvalue weighted by Crippen LogP contribution is 2.42. The molecule has 30 heavy (non-hydrogen) atoms. The number of aromatic hydroxyl groups is 1. The average Bonchev–Trinajstić information content (AvgIpc) is 2.72. The van der Waals surface area contributed by atoms with Gasteiger partial charge in [-0.25, -0.2) is 4.79 Å². The molecule has 0 bridgehead atoms. The number of methoxy groups -OCH3 is 1. The van der Waals surface area contributed by atoms with Crippen LogP contribution in [0.15, 0.2) is 18.2 Å². The van der Waals surface area contributed by atoms with Crippen molar-refractivity contribution in [3.8, 4) is 11.5 Å². The molecule has 7 nitrogen and oxygen atoms in total. The van der Waals surface area contributed by atoms with Crippen LogP contribution in [0.5, 0.6) is 11.5 Å². The highest BCUT2D eigenvalue weighted by molar-refractivity contribution is 5.79. The summed E-state index contributed by atoms with van der Waals surface area (Å²) >= 11 is 0. The fourth-order valence-corrected chi connectivity index (χ4v) is 4.89. The molecule has 7 heteroatoms. The summed E-state index contributed by atoms with van der Waals surface area (Å²) in [5.41, 5.74) is 1.16. The molecule has 2 aliphatic rings. The van der Waals surface area contributed by atoms with Crippen LogP contribution in [-0.4, -0.2) is 46.8 Å². The molecule has 2 amide bonds. The normalized spacial score (nSPS) is 24.3. The van der Waals surface area contributed by atoms with Crippen LogP contribution in [0.1, 0.15) is 57.9 Å². The van der Waals surface area contributed by atoms with Gasteiger partial charge in [-0.1, -0.05) is 19.9 Å². The molecule has 2 atom stereocenters. The van der Waals surface area contributed by atoms with Crippen LogP contribution in [0.25, 0.3) is 0 Å². The number of carbonyl (C=O) groups excluding carboxylic acids is 1. The van der Waals surface area contributed by atoms with Crippen molar-refractivity contribution in [3.63, 3.8) is 0 Å². The third-order valence-corrected chi connectivity index (χ3v) is 6.90. The number of likely N-dealkylation sites (tertiary alicyclic amines) is 1. The molecule has 2 unspecified atom stereocenters. The van der Waals surface area contributed by atoms with Crippen molar-refractivity contribution in [2.45, 2.75) is 65.0 Å². The standard InChI is InChI=1S/C23H34N2O5/c1-23(2)9-6-16(7-10-23)18-13-17(8-11-25(18)22(28)29)21(27)24-14-15-4-5-19(26)20(12-15)30-3/h4-5,12,16-18,26H,6-11,13-14H2,1-3H3,(H,24,27)(H,28,29). The van der Waals surface area contributed by atoms with Gasteiger partial charge in [0.15, 0.2) is 11.5 Å². The zero-order valence-corrected chi connectivity index (χ0v) is 18.2. The third-order valence-electron chi connectivity index (χ3n) is 6.90. The van der Waals surface area contributed by atoms with Gasteiger partial charge in [0.25, 0.3) is 0 Å². The van der Waals surface area contributed by atoms with Crippen molar-refractivity contribution in [1.29, 1.82) is 0 Å². The largest absolute Gasteiger partial charge is 0.504 e. The Balaban J connectivity index is 1.62. The van der Waals surface area contributed by atoms with Gasteiger partial charge in [0.2, 0.25) is 5.91 Å². The number of amides is 2. The number of hydrogen-bond donors (Lipinski definition) is 3. The van der Waals surface area contributed by atoms with Crippen LogP contribution in [0, 0.1) is 17.3 Å². The lowest BCUT2D eigenvalue weighted by molar-refractivity contribution is -0.127. The van der Waals surface area contributed by atoms with E-state index >= 15 is 0 Å². The molecule has 1 saturated heterocycles. The maximum absolute atomic E-state index is 12.8. The van der Waals surface area contributed by atoms with Gasteiger partial charge in [0, 0.05) is 25.0 Å². The van der Waals surface area contributed by atoms with E-state index in [1.807, 2.05) is 0 Å². The molecule has 1 saturated carbocycles. The molecule has 1 aromatic rings. The van der Waals surface area contributed by atoms with Gasteiger partial charge in [-0.15, -0.1) is 0 Å². The van der Waals surface area contributed by atoms with Gasteiger partial charge in [-0.2, -0.15) is 0 Å². The fraction of sp³-hybridized carbons (Fsp3) is 0.652. The Kier molecular flexibility index (Phi) is 6.78. The maximum atomic E-state index is 12.8. The smallest absolute Gasteiger partial charge is 0.407 e. The number of benzene rings is 1. The van der Waals surface area contributed by atoms with E-state index in [0.717, 1.165) is 31.2 Å². The van der Waals surface area contributed by atoms with Crippen LogP contribution in [-0.2, 0) is 11.3 Å². The zero-order valence-electron chi connectivity index (χ0n) is 18.2. The number of phenolic OH excluding ortho intramolecular Hbond substituents is 1. The van der Waals surface area contributed by atoms with Crippen molar-refractivity contribution in [2.24, 2.45) is 17.3 Å². The first-order valence-corrected chi connectivity index (χ1v) is 10.8. The Morgan fingerprint density at radius 2 is 1.93 bits per heavy atom. The lowest BCUT2D eigenvalue weighted by Crippen LogP contribution is -2.52. The summed E-state index contributed by atoms with van der Waals surface area (Å²) in [4.78, 5) is 26.2. The van der Waals surface area contributed by atoms with Gasteiger partial charge in [-0.3, -0.25) is 4.79 Å².